The Morgan fingerprint density at radius 2 is 2.25 bits per heavy atom. The van der Waals surface area contributed by atoms with E-state index in [-0.39, 0.29) is 0 Å². The maximum absolute atomic E-state index is 5.26. The molecule has 0 amide bonds. The Bertz CT molecular complexity index is 116. The highest BCUT2D eigenvalue weighted by Gasteiger charge is 2.19. The van der Waals surface area contributed by atoms with Crippen molar-refractivity contribution in [3.63, 3.8) is 0 Å². The zero-order valence-electron chi connectivity index (χ0n) is 8.31. The molecule has 1 fully saturated rings. The van der Waals surface area contributed by atoms with Gasteiger partial charge in [0.25, 0.3) is 0 Å². The van der Waals surface area contributed by atoms with E-state index in [1.807, 2.05) is 6.92 Å². The Hall–Kier alpha value is -0.0800. The average Bonchev–Trinajstić information content (AvgIpc) is 2.45. The lowest BCUT2D eigenvalue weighted by atomic mass is 10.1. The molecule has 2 heteroatoms. The Morgan fingerprint density at radius 3 is 2.83 bits per heavy atom. The molecule has 1 N–H and O–H groups in total. The topological polar surface area (TPSA) is 21.3 Å². The molecule has 2 unspecified atom stereocenters. The van der Waals surface area contributed by atoms with Gasteiger partial charge in [-0.15, -0.1) is 0 Å². The fraction of sp³-hybridized carbons (Fsp3) is 1.00. The van der Waals surface area contributed by atoms with Crippen LogP contribution in [0.1, 0.15) is 33.1 Å². The van der Waals surface area contributed by atoms with Crippen LogP contribution in [-0.4, -0.2) is 25.8 Å². The summed E-state index contributed by atoms with van der Waals surface area (Å²) in [6.07, 6.45) is 4.10. The fourth-order valence-electron chi connectivity index (χ4n) is 1.87. The highest BCUT2D eigenvalue weighted by atomic mass is 16.5. The minimum Gasteiger partial charge on any atom is -0.380 e. The van der Waals surface area contributed by atoms with E-state index >= 15 is 0 Å². The maximum Gasteiger partial charge on any atom is 0.0590 e. The molecular formula is C10H21NO. The van der Waals surface area contributed by atoms with Crippen LogP contribution in [0, 0.1) is 5.92 Å². The third-order valence-electron chi connectivity index (χ3n) is 2.58. The van der Waals surface area contributed by atoms with E-state index < -0.39 is 0 Å². The summed E-state index contributed by atoms with van der Waals surface area (Å²) in [5.74, 6) is 0.926. The Kier molecular flexibility index (Phi) is 4.62. The lowest BCUT2D eigenvalue weighted by Crippen LogP contribution is -2.29. The normalized spacial score (nSPS) is 29.5. The largest absolute Gasteiger partial charge is 0.380 e. The molecule has 2 atom stereocenters. The molecule has 0 heterocycles. The average molecular weight is 171 g/mol. The van der Waals surface area contributed by atoms with E-state index in [1.54, 1.807) is 0 Å². The van der Waals surface area contributed by atoms with Crippen LogP contribution in [0.5, 0.6) is 0 Å². The standard InChI is InChI=1S/C10H21NO/c1-3-12-7-6-11-10-5-4-9(2)8-10/h9-11H,3-8H2,1-2H3. The molecule has 0 saturated heterocycles. The molecule has 1 aliphatic carbocycles. The van der Waals surface area contributed by atoms with Crippen molar-refractivity contribution in [1.82, 2.24) is 5.32 Å². The molecule has 12 heavy (non-hydrogen) atoms. The van der Waals surface area contributed by atoms with Crippen LogP contribution in [0.15, 0.2) is 0 Å². The smallest absolute Gasteiger partial charge is 0.0590 e. The minimum absolute atomic E-state index is 0.764. The molecule has 0 aromatic carbocycles. The van der Waals surface area contributed by atoms with Crippen LogP contribution in [0.25, 0.3) is 0 Å². The van der Waals surface area contributed by atoms with Crippen molar-refractivity contribution in [3.8, 4) is 0 Å². The van der Waals surface area contributed by atoms with Crippen molar-refractivity contribution in [2.45, 2.75) is 39.2 Å². The summed E-state index contributed by atoms with van der Waals surface area (Å²) < 4.78 is 5.26. The Morgan fingerprint density at radius 1 is 1.42 bits per heavy atom. The Labute approximate surface area is 75.7 Å². The van der Waals surface area contributed by atoms with Gasteiger partial charge in [-0.1, -0.05) is 6.92 Å². The molecule has 0 bridgehead atoms. The van der Waals surface area contributed by atoms with Gasteiger partial charge in [-0.05, 0) is 32.1 Å². The van der Waals surface area contributed by atoms with Crippen molar-refractivity contribution in [1.29, 1.82) is 0 Å². The van der Waals surface area contributed by atoms with Gasteiger partial charge < -0.3 is 10.1 Å². The van der Waals surface area contributed by atoms with Gasteiger partial charge in [0.2, 0.25) is 0 Å². The molecule has 0 aromatic heterocycles. The molecular weight excluding hydrogens is 150 g/mol. The van der Waals surface area contributed by atoms with Crippen LogP contribution < -0.4 is 5.32 Å². The molecule has 2 nitrogen and oxygen atoms in total. The predicted octanol–water partition coefficient (Wildman–Crippen LogP) is 1.80. The molecule has 0 aromatic rings. The number of ether oxygens (including phenoxy) is 1. The number of rotatable bonds is 5. The first-order valence-corrected chi connectivity index (χ1v) is 5.14. The zero-order valence-corrected chi connectivity index (χ0v) is 8.31. The summed E-state index contributed by atoms with van der Waals surface area (Å²) >= 11 is 0. The van der Waals surface area contributed by atoms with Crippen molar-refractivity contribution in [2.24, 2.45) is 5.92 Å². The molecule has 1 saturated carbocycles. The number of hydrogen-bond donors (Lipinski definition) is 1. The molecule has 1 rings (SSSR count). The van der Waals surface area contributed by atoms with E-state index in [9.17, 15) is 0 Å². The Balaban J connectivity index is 1.93. The van der Waals surface area contributed by atoms with Gasteiger partial charge in [-0.2, -0.15) is 0 Å². The summed E-state index contributed by atoms with van der Waals surface area (Å²) in [5.41, 5.74) is 0. The van der Waals surface area contributed by atoms with Crippen LogP contribution in [0.2, 0.25) is 0 Å². The minimum atomic E-state index is 0.764. The van der Waals surface area contributed by atoms with E-state index in [0.29, 0.717) is 0 Å². The number of nitrogens with one attached hydrogen (secondary N) is 1. The van der Waals surface area contributed by atoms with Gasteiger partial charge in [0.1, 0.15) is 0 Å². The van der Waals surface area contributed by atoms with E-state index in [1.165, 1.54) is 19.3 Å². The molecule has 0 aliphatic heterocycles. The molecule has 1 aliphatic rings. The van der Waals surface area contributed by atoms with Gasteiger partial charge in [-0.3, -0.25) is 0 Å². The molecule has 0 radical (unpaired) electrons. The SMILES string of the molecule is CCOCCNC1CCC(C)C1. The van der Waals surface area contributed by atoms with Crippen LogP contribution >= 0.6 is 0 Å². The number of hydrogen-bond acceptors (Lipinski definition) is 2. The highest BCUT2D eigenvalue weighted by molar-refractivity contribution is 4.77. The van der Waals surface area contributed by atoms with Crippen molar-refractivity contribution < 1.29 is 4.74 Å². The van der Waals surface area contributed by atoms with Crippen molar-refractivity contribution in [2.75, 3.05) is 19.8 Å². The first-order chi connectivity index (χ1) is 5.83. The van der Waals surface area contributed by atoms with Crippen LogP contribution in [-0.2, 0) is 4.74 Å². The van der Waals surface area contributed by atoms with Gasteiger partial charge in [0.15, 0.2) is 0 Å². The second-order valence-electron chi connectivity index (χ2n) is 3.77. The third-order valence-corrected chi connectivity index (χ3v) is 2.58. The highest BCUT2D eigenvalue weighted by Crippen LogP contribution is 2.24. The monoisotopic (exact) mass is 171 g/mol. The molecule has 0 spiro atoms. The van der Waals surface area contributed by atoms with Gasteiger partial charge >= 0.3 is 0 Å². The fourth-order valence-corrected chi connectivity index (χ4v) is 1.87. The van der Waals surface area contributed by atoms with E-state index in [2.05, 4.69) is 12.2 Å². The second-order valence-corrected chi connectivity index (χ2v) is 3.77. The first-order valence-electron chi connectivity index (χ1n) is 5.14. The van der Waals surface area contributed by atoms with Crippen molar-refractivity contribution in [3.05, 3.63) is 0 Å². The third kappa shape index (κ3) is 3.55. The summed E-state index contributed by atoms with van der Waals surface area (Å²) in [7, 11) is 0. The molecule has 72 valence electrons. The summed E-state index contributed by atoms with van der Waals surface area (Å²) in [4.78, 5) is 0. The summed E-state index contributed by atoms with van der Waals surface area (Å²) in [6.45, 7) is 7.09. The van der Waals surface area contributed by atoms with Crippen molar-refractivity contribution >= 4 is 0 Å². The van der Waals surface area contributed by atoms with Crippen LogP contribution in [0.3, 0.4) is 0 Å². The van der Waals surface area contributed by atoms with Gasteiger partial charge in [-0.25, -0.2) is 0 Å². The quantitative estimate of drug-likeness (QED) is 0.637. The predicted molar refractivity (Wildman–Crippen MR) is 51.3 cm³/mol. The van der Waals surface area contributed by atoms with E-state index in [0.717, 1.165) is 31.7 Å². The van der Waals surface area contributed by atoms with Crippen LogP contribution in [0.4, 0.5) is 0 Å². The lowest BCUT2D eigenvalue weighted by molar-refractivity contribution is 0.147. The van der Waals surface area contributed by atoms with E-state index in [4.69, 9.17) is 4.74 Å². The lowest BCUT2D eigenvalue weighted by Gasteiger charge is -2.11. The van der Waals surface area contributed by atoms with Gasteiger partial charge in [0, 0.05) is 19.2 Å². The van der Waals surface area contributed by atoms with Gasteiger partial charge in [0.05, 0.1) is 6.61 Å². The maximum atomic E-state index is 5.26. The first kappa shape index (κ1) is 10.0. The summed E-state index contributed by atoms with van der Waals surface area (Å²) in [6, 6.07) is 0.764. The second kappa shape index (κ2) is 5.55. The summed E-state index contributed by atoms with van der Waals surface area (Å²) in [5, 5.41) is 3.52. The zero-order chi connectivity index (χ0) is 8.81.